The smallest absolute Gasteiger partial charge is 0.308 e. The standard InChI is InChI=1S/C24H25Cl2FN4O4/c1-4-34-19(32)11-18-22(29)31(23(30)24(2,26)27)16-9-8-13(12-28)10-15(16)21(35-18)14-6-5-7-17(33-3)20(14)25/h5-10,18,21,23,29H,4,11,30H2,1-3H3/t18-,21-,23?,24?/m0/s1. The molecular formula is C24H25Cl2FN4O4. The Morgan fingerprint density at radius 1 is 1.40 bits per heavy atom. The van der Waals surface area contributed by atoms with Crippen LogP contribution in [0.15, 0.2) is 36.4 Å². The fraction of sp³-hybridized carbons (Fsp3) is 0.375. The Hall–Kier alpha value is -2.90. The van der Waals surface area contributed by atoms with E-state index in [4.69, 9.17) is 48.6 Å². The Kier molecular flexibility index (Phi) is 8.23. The van der Waals surface area contributed by atoms with Crippen molar-refractivity contribution in [1.82, 2.24) is 0 Å². The van der Waals surface area contributed by atoms with Gasteiger partial charge in [0.05, 0.1) is 42.5 Å². The Morgan fingerprint density at radius 3 is 2.71 bits per heavy atom. The summed E-state index contributed by atoms with van der Waals surface area (Å²) in [4.78, 5) is 13.6. The first-order valence-corrected chi connectivity index (χ1v) is 11.5. The number of methoxy groups -OCH3 is 1. The molecule has 0 saturated carbocycles. The maximum atomic E-state index is 14.9. The van der Waals surface area contributed by atoms with Gasteiger partial charge in [0.25, 0.3) is 0 Å². The van der Waals surface area contributed by atoms with Crippen LogP contribution in [-0.4, -0.2) is 42.9 Å². The highest BCUT2D eigenvalue weighted by Gasteiger charge is 2.43. The van der Waals surface area contributed by atoms with Gasteiger partial charge in [-0.1, -0.05) is 35.3 Å². The van der Waals surface area contributed by atoms with E-state index in [9.17, 15) is 14.4 Å². The zero-order valence-corrected chi connectivity index (χ0v) is 20.9. The summed E-state index contributed by atoms with van der Waals surface area (Å²) in [7, 11) is 1.46. The Labute approximate surface area is 212 Å². The van der Waals surface area contributed by atoms with Crippen molar-refractivity contribution < 1.29 is 23.4 Å². The van der Waals surface area contributed by atoms with Crippen molar-refractivity contribution in [3.8, 4) is 11.8 Å². The van der Waals surface area contributed by atoms with E-state index < -0.39 is 29.5 Å². The molecule has 2 aromatic rings. The quantitative estimate of drug-likeness (QED) is 0.400. The molecule has 0 bridgehead atoms. The fourth-order valence-corrected chi connectivity index (χ4v) is 4.21. The minimum atomic E-state index is -2.46. The van der Waals surface area contributed by atoms with Crippen molar-refractivity contribution in [1.29, 1.82) is 10.7 Å². The van der Waals surface area contributed by atoms with Gasteiger partial charge in [-0.25, -0.2) is 4.39 Å². The highest BCUT2D eigenvalue weighted by atomic mass is 35.5. The number of rotatable bonds is 7. The molecule has 3 N–H and O–H groups in total. The topological polar surface area (TPSA) is 122 Å². The van der Waals surface area contributed by atoms with Crippen LogP contribution < -0.4 is 15.4 Å². The van der Waals surface area contributed by atoms with Crippen molar-refractivity contribution in [2.45, 2.75) is 43.8 Å². The van der Waals surface area contributed by atoms with E-state index in [1.54, 1.807) is 31.2 Å². The van der Waals surface area contributed by atoms with Crippen molar-refractivity contribution in [2.75, 3.05) is 18.6 Å². The number of esters is 1. The van der Waals surface area contributed by atoms with Crippen LogP contribution in [0.5, 0.6) is 5.75 Å². The van der Waals surface area contributed by atoms with Gasteiger partial charge in [-0.05, 0) is 38.1 Å². The van der Waals surface area contributed by atoms with Gasteiger partial charge in [-0.15, -0.1) is 0 Å². The van der Waals surface area contributed by atoms with Crippen LogP contribution in [-0.2, 0) is 14.3 Å². The second kappa shape index (κ2) is 10.8. The second-order valence-electron chi connectivity index (χ2n) is 7.92. The van der Waals surface area contributed by atoms with Crippen molar-refractivity contribution in [3.05, 3.63) is 58.1 Å². The first-order valence-electron chi connectivity index (χ1n) is 10.7. The van der Waals surface area contributed by atoms with Gasteiger partial charge in [0.1, 0.15) is 30.0 Å². The van der Waals surface area contributed by atoms with Crippen LogP contribution in [0, 0.1) is 16.7 Å². The molecule has 0 aromatic heterocycles. The molecular weight excluding hydrogens is 498 g/mol. The zero-order valence-electron chi connectivity index (χ0n) is 19.3. The Bertz CT molecular complexity index is 1170. The van der Waals surface area contributed by atoms with Gasteiger partial charge in [0.2, 0.25) is 5.13 Å². The van der Waals surface area contributed by atoms with E-state index in [1.165, 1.54) is 24.1 Å². The van der Waals surface area contributed by atoms with Gasteiger partial charge < -0.3 is 24.8 Å². The van der Waals surface area contributed by atoms with Crippen LogP contribution in [0.4, 0.5) is 10.1 Å². The molecule has 0 amide bonds. The molecule has 0 spiro atoms. The molecule has 2 aromatic carbocycles. The molecule has 2 unspecified atom stereocenters. The zero-order chi connectivity index (χ0) is 25.9. The van der Waals surface area contributed by atoms with Gasteiger partial charge in [-0.2, -0.15) is 5.26 Å². The number of halogens is 3. The number of hydrogen-bond acceptors (Lipinski definition) is 7. The molecule has 0 radical (unpaired) electrons. The van der Waals surface area contributed by atoms with Crippen LogP contribution >= 0.6 is 23.2 Å². The third kappa shape index (κ3) is 5.52. The van der Waals surface area contributed by atoms with E-state index >= 15 is 0 Å². The van der Waals surface area contributed by atoms with E-state index in [-0.39, 0.29) is 35.1 Å². The number of anilines is 1. The maximum Gasteiger partial charge on any atom is 0.308 e. The van der Waals surface area contributed by atoms with Crippen LogP contribution in [0.3, 0.4) is 0 Å². The lowest BCUT2D eigenvalue weighted by Gasteiger charge is -2.36. The number of benzene rings is 2. The van der Waals surface area contributed by atoms with E-state index in [0.29, 0.717) is 16.9 Å². The molecule has 0 aliphatic carbocycles. The third-order valence-electron chi connectivity index (χ3n) is 5.51. The minimum absolute atomic E-state index is 0.128. The average Bonchev–Trinajstić information content (AvgIpc) is 2.92. The maximum absolute atomic E-state index is 14.9. The first kappa shape index (κ1) is 26.7. The molecule has 186 valence electrons. The Balaban J connectivity index is 2.29. The molecule has 0 fully saturated rings. The van der Waals surface area contributed by atoms with Crippen molar-refractivity contribution >= 4 is 40.7 Å². The number of carbonyl (C=O) groups excluding carboxylic acids is 1. The third-order valence-corrected chi connectivity index (χ3v) is 6.14. The van der Waals surface area contributed by atoms with E-state index in [0.717, 1.165) is 6.92 Å². The fourth-order valence-electron chi connectivity index (χ4n) is 3.81. The van der Waals surface area contributed by atoms with Crippen LogP contribution in [0.25, 0.3) is 0 Å². The summed E-state index contributed by atoms with van der Waals surface area (Å²) in [6, 6.07) is 11.7. The van der Waals surface area contributed by atoms with Gasteiger partial charge in [0.15, 0.2) is 0 Å². The summed E-state index contributed by atoms with van der Waals surface area (Å²) < 4.78 is 31.6. The van der Waals surface area contributed by atoms with Crippen LogP contribution in [0.2, 0.25) is 5.02 Å². The number of fused-ring (bicyclic) bond motifs is 1. The summed E-state index contributed by atoms with van der Waals surface area (Å²) >= 11 is 12.5. The lowest BCUT2D eigenvalue weighted by molar-refractivity contribution is -0.145. The highest BCUT2D eigenvalue weighted by Crippen LogP contribution is 2.44. The normalized spacial score (nSPS) is 20.2. The number of hydrogen-bond donors (Lipinski definition) is 2. The molecule has 11 heteroatoms. The predicted molar refractivity (Wildman–Crippen MR) is 131 cm³/mol. The summed E-state index contributed by atoms with van der Waals surface area (Å²) in [5.74, 6) is -0.552. The number of amidine groups is 1. The molecule has 35 heavy (non-hydrogen) atoms. The van der Waals surface area contributed by atoms with Gasteiger partial charge in [0, 0.05) is 11.1 Å². The number of ether oxygens (including phenoxy) is 3. The minimum Gasteiger partial charge on any atom is -0.495 e. The molecule has 3 rings (SSSR count). The summed E-state index contributed by atoms with van der Waals surface area (Å²) in [6.07, 6.45) is -4.06. The summed E-state index contributed by atoms with van der Waals surface area (Å²) in [5, 5.41) is 16.2. The predicted octanol–water partition coefficient (Wildman–Crippen LogP) is 4.65. The first-order chi connectivity index (χ1) is 16.5. The molecule has 1 aliphatic rings. The van der Waals surface area contributed by atoms with Gasteiger partial charge >= 0.3 is 5.97 Å². The largest absolute Gasteiger partial charge is 0.495 e. The average molecular weight is 523 g/mol. The van der Waals surface area contributed by atoms with Crippen molar-refractivity contribution in [3.63, 3.8) is 0 Å². The van der Waals surface area contributed by atoms with E-state index in [2.05, 4.69) is 6.07 Å². The second-order valence-corrected chi connectivity index (χ2v) is 9.04. The number of nitriles is 1. The number of nitrogens with zero attached hydrogens (tertiary/aromatic N) is 2. The van der Waals surface area contributed by atoms with Crippen LogP contribution in [0.1, 0.15) is 43.1 Å². The summed E-state index contributed by atoms with van der Waals surface area (Å²) in [5.41, 5.74) is 7.58. The highest BCUT2D eigenvalue weighted by molar-refractivity contribution is 6.33. The molecule has 1 heterocycles. The summed E-state index contributed by atoms with van der Waals surface area (Å²) in [6.45, 7) is 2.85. The van der Waals surface area contributed by atoms with E-state index in [1.807, 2.05) is 0 Å². The monoisotopic (exact) mass is 522 g/mol. The molecule has 4 atom stereocenters. The number of nitrogens with one attached hydrogen (secondary N) is 1. The number of alkyl halides is 2. The molecule has 8 nitrogen and oxygen atoms in total. The Morgan fingerprint density at radius 2 is 2.11 bits per heavy atom. The lowest BCUT2D eigenvalue weighted by Crippen LogP contribution is -2.57. The number of carbonyl (C=O) groups is 1. The SMILES string of the molecule is CCOC(=O)C[C@@H]1O[C@@H](c2cccc(OC)c2Cl)c2cc(C#N)ccc2N(C(N)C(C)(F)Cl)C1=N. The van der Waals surface area contributed by atoms with Gasteiger partial charge in [-0.3, -0.25) is 10.2 Å². The van der Waals surface area contributed by atoms with Crippen molar-refractivity contribution in [2.24, 2.45) is 5.73 Å². The molecule has 0 saturated heterocycles. The lowest BCUT2D eigenvalue weighted by atomic mass is 9.96. The number of nitrogens with two attached hydrogens (primary N) is 1. The molecule has 1 aliphatic heterocycles.